The SMILES string of the molecule is CCCc1nc(NC(=O)C2CCCC(C(F)(F)F)C2)sc1CC. The molecule has 0 bridgehead atoms. The smallest absolute Gasteiger partial charge is 0.302 e. The molecule has 1 amide bonds. The zero-order chi connectivity index (χ0) is 17.0. The van der Waals surface area contributed by atoms with Gasteiger partial charge in [0, 0.05) is 10.8 Å². The normalized spacial score (nSPS) is 22.1. The molecule has 0 aromatic carbocycles. The minimum Gasteiger partial charge on any atom is -0.302 e. The van der Waals surface area contributed by atoms with Crippen LogP contribution in [-0.2, 0) is 17.6 Å². The van der Waals surface area contributed by atoms with Crippen LogP contribution in [-0.4, -0.2) is 17.1 Å². The van der Waals surface area contributed by atoms with Gasteiger partial charge in [-0.2, -0.15) is 13.2 Å². The van der Waals surface area contributed by atoms with E-state index in [4.69, 9.17) is 0 Å². The molecule has 1 saturated carbocycles. The van der Waals surface area contributed by atoms with E-state index in [1.165, 1.54) is 11.3 Å². The van der Waals surface area contributed by atoms with Crippen molar-refractivity contribution in [2.75, 3.05) is 5.32 Å². The third-order valence-electron chi connectivity index (χ3n) is 4.32. The van der Waals surface area contributed by atoms with E-state index < -0.39 is 18.0 Å². The van der Waals surface area contributed by atoms with E-state index in [9.17, 15) is 18.0 Å². The maximum Gasteiger partial charge on any atom is 0.391 e. The first-order valence-corrected chi connectivity index (χ1v) is 9.02. The number of aromatic nitrogens is 1. The zero-order valence-corrected chi connectivity index (χ0v) is 14.3. The summed E-state index contributed by atoms with van der Waals surface area (Å²) in [5.74, 6) is -2.25. The van der Waals surface area contributed by atoms with Gasteiger partial charge in [-0.1, -0.05) is 26.7 Å². The lowest BCUT2D eigenvalue weighted by Gasteiger charge is -2.29. The molecule has 1 aliphatic carbocycles. The lowest BCUT2D eigenvalue weighted by Crippen LogP contribution is -2.34. The van der Waals surface area contributed by atoms with Crippen LogP contribution in [0.3, 0.4) is 0 Å². The predicted octanol–water partition coefficient (Wildman–Crippen LogP) is 4.97. The van der Waals surface area contributed by atoms with Crippen LogP contribution in [0, 0.1) is 11.8 Å². The van der Waals surface area contributed by atoms with Crippen molar-refractivity contribution in [1.82, 2.24) is 4.98 Å². The molecule has 3 nitrogen and oxygen atoms in total. The molecule has 2 atom stereocenters. The molecule has 1 N–H and O–H groups in total. The number of carbonyl (C=O) groups is 1. The Balaban J connectivity index is 2.01. The van der Waals surface area contributed by atoms with Crippen molar-refractivity contribution < 1.29 is 18.0 Å². The predicted molar refractivity (Wildman–Crippen MR) is 85.6 cm³/mol. The van der Waals surface area contributed by atoms with Crippen molar-refractivity contribution in [3.63, 3.8) is 0 Å². The van der Waals surface area contributed by atoms with Gasteiger partial charge in [-0.3, -0.25) is 4.79 Å². The van der Waals surface area contributed by atoms with E-state index in [2.05, 4.69) is 17.2 Å². The Kier molecular flexibility index (Phi) is 6.06. The second-order valence-electron chi connectivity index (χ2n) is 6.08. The Labute approximate surface area is 138 Å². The fourth-order valence-corrected chi connectivity index (χ4v) is 4.03. The number of hydrogen-bond acceptors (Lipinski definition) is 3. The van der Waals surface area contributed by atoms with Crippen LogP contribution >= 0.6 is 11.3 Å². The second kappa shape index (κ2) is 7.64. The van der Waals surface area contributed by atoms with Gasteiger partial charge in [0.25, 0.3) is 0 Å². The fraction of sp³-hybridized carbons (Fsp3) is 0.750. The van der Waals surface area contributed by atoms with Gasteiger partial charge in [-0.25, -0.2) is 4.98 Å². The summed E-state index contributed by atoms with van der Waals surface area (Å²) in [6, 6.07) is 0. The third-order valence-corrected chi connectivity index (χ3v) is 5.48. The summed E-state index contributed by atoms with van der Waals surface area (Å²) in [5.41, 5.74) is 0.993. The number of anilines is 1. The first-order chi connectivity index (χ1) is 10.8. The molecule has 23 heavy (non-hydrogen) atoms. The molecule has 7 heteroatoms. The summed E-state index contributed by atoms with van der Waals surface area (Å²) in [6.45, 7) is 4.10. The Bertz CT molecular complexity index is 542. The highest BCUT2D eigenvalue weighted by atomic mass is 32.1. The number of halogens is 3. The molecule has 0 spiro atoms. The molecule has 1 aromatic rings. The van der Waals surface area contributed by atoms with Crippen LogP contribution in [0.1, 0.15) is 56.5 Å². The van der Waals surface area contributed by atoms with E-state index in [0.29, 0.717) is 18.0 Å². The Hall–Kier alpha value is -1.11. The van der Waals surface area contributed by atoms with E-state index in [-0.39, 0.29) is 18.7 Å². The molecule has 130 valence electrons. The first-order valence-electron chi connectivity index (χ1n) is 8.21. The van der Waals surface area contributed by atoms with E-state index in [1.807, 2.05) is 6.92 Å². The number of nitrogens with zero attached hydrogens (tertiary/aromatic N) is 1. The molecule has 1 heterocycles. The molecule has 0 radical (unpaired) electrons. The molecule has 1 aromatic heterocycles. The number of alkyl halides is 3. The summed E-state index contributed by atoms with van der Waals surface area (Å²) in [6.07, 6.45) is -0.538. The number of thiazole rings is 1. The minimum absolute atomic E-state index is 0.108. The molecule has 2 unspecified atom stereocenters. The first kappa shape index (κ1) is 18.2. The number of nitrogens with one attached hydrogen (secondary N) is 1. The standard InChI is InChI=1S/C16H23F3N2OS/c1-3-6-12-13(4-2)23-15(20-12)21-14(22)10-7-5-8-11(9-10)16(17,18)19/h10-11H,3-9H2,1-2H3,(H,20,21,22). The van der Waals surface area contributed by atoms with Crippen molar-refractivity contribution >= 4 is 22.4 Å². The summed E-state index contributed by atoms with van der Waals surface area (Å²) < 4.78 is 38.5. The topological polar surface area (TPSA) is 42.0 Å². The summed E-state index contributed by atoms with van der Waals surface area (Å²) in [7, 11) is 0. The van der Waals surface area contributed by atoms with Gasteiger partial charge in [-0.05, 0) is 32.1 Å². The molecule has 2 rings (SSSR count). The number of hydrogen-bond donors (Lipinski definition) is 1. The maximum absolute atomic E-state index is 12.8. The average molecular weight is 348 g/mol. The molecule has 1 aliphatic rings. The summed E-state index contributed by atoms with van der Waals surface area (Å²) in [4.78, 5) is 17.9. The summed E-state index contributed by atoms with van der Waals surface area (Å²) in [5, 5.41) is 3.26. The van der Waals surface area contributed by atoms with E-state index in [1.54, 1.807) is 0 Å². The van der Waals surface area contributed by atoms with Crippen LogP contribution < -0.4 is 5.32 Å². The number of amides is 1. The van der Waals surface area contributed by atoms with Crippen LogP contribution in [0.5, 0.6) is 0 Å². The number of rotatable bonds is 5. The van der Waals surface area contributed by atoms with Gasteiger partial charge < -0.3 is 5.32 Å². The van der Waals surface area contributed by atoms with Gasteiger partial charge >= 0.3 is 6.18 Å². The molecular weight excluding hydrogens is 325 g/mol. The summed E-state index contributed by atoms with van der Waals surface area (Å²) >= 11 is 1.43. The lowest BCUT2D eigenvalue weighted by molar-refractivity contribution is -0.185. The number of carbonyl (C=O) groups excluding carboxylic acids is 1. The Morgan fingerprint density at radius 3 is 2.70 bits per heavy atom. The highest BCUT2D eigenvalue weighted by molar-refractivity contribution is 7.15. The van der Waals surface area contributed by atoms with Gasteiger partial charge in [0.15, 0.2) is 5.13 Å². The van der Waals surface area contributed by atoms with Gasteiger partial charge in [0.05, 0.1) is 11.6 Å². The van der Waals surface area contributed by atoms with Crippen LogP contribution in [0.2, 0.25) is 0 Å². The second-order valence-corrected chi connectivity index (χ2v) is 7.17. The van der Waals surface area contributed by atoms with Crippen molar-refractivity contribution in [3.05, 3.63) is 10.6 Å². The lowest BCUT2D eigenvalue weighted by atomic mass is 9.80. The quantitative estimate of drug-likeness (QED) is 0.817. The Morgan fingerprint density at radius 2 is 2.09 bits per heavy atom. The Morgan fingerprint density at radius 1 is 1.35 bits per heavy atom. The van der Waals surface area contributed by atoms with Crippen LogP contribution in [0.15, 0.2) is 0 Å². The van der Waals surface area contributed by atoms with E-state index in [0.717, 1.165) is 29.8 Å². The molecule has 1 fully saturated rings. The van der Waals surface area contributed by atoms with Crippen molar-refractivity contribution in [2.24, 2.45) is 11.8 Å². The molecule has 0 aliphatic heterocycles. The monoisotopic (exact) mass is 348 g/mol. The average Bonchev–Trinajstić information content (AvgIpc) is 2.88. The third kappa shape index (κ3) is 4.68. The molecular formula is C16H23F3N2OS. The van der Waals surface area contributed by atoms with Crippen LogP contribution in [0.4, 0.5) is 18.3 Å². The highest BCUT2D eigenvalue weighted by Gasteiger charge is 2.43. The van der Waals surface area contributed by atoms with E-state index >= 15 is 0 Å². The van der Waals surface area contributed by atoms with Gasteiger partial charge in [-0.15, -0.1) is 11.3 Å². The van der Waals surface area contributed by atoms with Crippen LogP contribution in [0.25, 0.3) is 0 Å². The minimum atomic E-state index is -4.20. The van der Waals surface area contributed by atoms with Gasteiger partial charge in [0.2, 0.25) is 5.91 Å². The highest BCUT2D eigenvalue weighted by Crippen LogP contribution is 2.40. The van der Waals surface area contributed by atoms with Crippen molar-refractivity contribution in [1.29, 1.82) is 0 Å². The molecule has 0 saturated heterocycles. The maximum atomic E-state index is 12.8. The van der Waals surface area contributed by atoms with Crippen molar-refractivity contribution in [2.45, 2.75) is 65.0 Å². The van der Waals surface area contributed by atoms with Gasteiger partial charge in [0.1, 0.15) is 0 Å². The van der Waals surface area contributed by atoms with Crippen molar-refractivity contribution in [3.8, 4) is 0 Å². The number of aryl methyl sites for hydroxylation is 2. The zero-order valence-electron chi connectivity index (χ0n) is 13.5. The fourth-order valence-electron chi connectivity index (χ4n) is 3.08. The largest absolute Gasteiger partial charge is 0.391 e.